The van der Waals surface area contributed by atoms with E-state index in [0.29, 0.717) is 49.4 Å². The van der Waals surface area contributed by atoms with Crippen molar-refractivity contribution in [1.82, 2.24) is 14.7 Å². The molecule has 0 unspecified atom stereocenters. The Hall–Kier alpha value is -4.94. The van der Waals surface area contributed by atoms with Crippen LogP contribution in [0.5, 0.6) is 11.5 Å². The zero-order valence-electron chi connectivity index (χ0n) is 23.1. The highest BCUT2D eigenvalue weighted by atomic mass is 16.6. The molecule has 2 N–H and O–H groups in total. The van der Waals surface area contributed by atoms with Gasteiger partial charge in [-0.2, -0.15) is 0 Å². The number of carbonyl (C=O) groups is 3. The summed E-state index contributed by atoms with van der Waals surface area (Å²) in [6, 6.07) is 15.2. The van der Waals surface area contributed by atoms with Crippen LogP contribution >= 0.6 is 0 Å². The number of para-hydroxylation sites is 1. The fourth-order valence-electron chi connectivity index (χ4n) is 4.62. The summed E-state index contributed by atoms with van der Waals surface area (Å²) in [6.07, 6.45) is 0.954. The molecule has 3 aromatic rings. The van der Waals surface area contributed by atoms with Crippen molar-refractivity contribution in [2.45, 2.75) is 45.3 Å². The van der Waals surface area contributed by atoms with Gasteiger partial charge in [0.15, 0.2) is 0 Å². The molecule has 1 aliphatic heterocycles. The van der Waals surface area contributed by atoms with Gasteiger partial charge in [0.1, 0.15) is 23.4 Å². The lowest BCUT2D eigenvalue weighted by Gasteiger charge is -2.38. The maximum atomic E-state index is 12.5. The average Bonchev–Trinajstić information content (AvgIpc) is 3.33. The van der Waals surface area contributed by atoms with Gasteiger partial charge in [-0.15, -0.1) is 5.10 Å². The summed E-state index contributed by atoms with van der Waals surface area (Å²) in [5.74, 6) is -0.0822. The Morgan fingerprint density at radius 3 is 2.24 bits per heavy atom. The van der Waals surface area contributed by atoms with Crippen LogP contribution in [0, 0.1) is 10.1 Å². The molecule has 0 spiro atoms. The van der Waals surface area contributed by atoms with Gasteiger partial charge in [-0.3, -0.25) is 14.9 Å². The van der Waals surface area contributed by atoms with Crippen molar-refractivity contribution >= 4 is 29.8 Å². The lowest BCUT2D eigenvalue weighted by Crippen LogP contribution is -2.48. The number of ether oxygens (including phenoxy) is 2. The molecule has 0 radical (unpaired) electrons. The average molecular weight is 565 g/mol. The fraction of sp³-hybridized carbons (Fsp3) is 0.357. The molecule has 1 aromatic heterocycles. The van der Waals surface area contributed by atoms with Crippen molar-refractivity contribution < 1.29 is 28.8 Å². The van der Waals surface area contributed by atoms with E-state index in [1.54, 1.807) is 62.1 Å². The maximum Gasteiger partial charge on any atom is 0.410 e. The summed E-state index contributed by atoms with van der Waals surface area (Å²) < 4.78 is 12.4. The van der Waals surface area contributed by atoms with Gasteiger partial charge in [0.2, 0.25) is 11.5 Å². The lowest BCUT2D eigenvalue weighted by molar-refractivity contribution is -0.384. The van der Waals surface area contributed by atoms with E-state index >= 15 is 0 Å². The molecule has 216 valence electrons. The lowest BCUT2D eigenvalue weighted by atomic mass is 10.0. The standard InChI is InChI=1S/C28H32N6O7/c1-28(2,3)41-27(37)31-15-13-19(14-16-31)32(17-18-35)26-24(34(38)39)23(25(29)36)33(30-26)20-9-11-22(12-10-20)40-21-7-5-4-6-8-21/h4-12,18-19H,13-17H2,1-3H3,(H2,29,36). The van der Waals surface area contributed by atoms with Crippen LogP contribution < -0.4 is 15.4 Å². The van der Waals surface area contributed by atoms with E-state index in [2.05, 4.69) is 5.10 Å². The molecule has 1 aliphatic rings. The first-order valence-corrected chi connectivity index (χ1v) is 13.1. The third kappa shape index (κ3) is 6.80. The van der Waals surface area contributed by atoms with Gasteiger partial charge < -0.3 is 29.8 Å². The monoisotopic (exact) mass is 564 g/mol. The minimum Gasteiger partial charge on any atom is -0.457 e. The molecule has 2 amide bonds. The predicted molar refractivity (Wildman–Crippen MR) is 149 cm³/mol. The van der Waals surface area contributed by atoms with Crippen molar-refractivity contribution in [3.05, 3.63) is 70.4 Å². The van der Waals surface area contributed by atoms with Crippen molar-refractivity contribution in [3.8, 4) is 17.2 Å². The van der Waals surface area contributed by atoms with Crippen molar-refractivity contribution in [3.63, 3.8) is 0 Å². The first kappa shape index (κ1) is 29.1. The molecule has 0 atom stereocenters. The highest BCUT2D eigenvalue weighted by Crippen LogP contribution is 2.36. The number of anilines is 1. The topological polar surface area (TPSA) is 163 Å². The van der Waals surface area contributed by atoms with Crippen LogP contribution in [0.3, 0.4) is 0 Å². The predicted octanol–water partition coefficient (Wildman–Crippen LogP) is 4.08. The number of rotatable bonds is 9. The molecular weight excluding hydrogens is 532 g/mol. The fourth-order valence-corrected chi connectivity index (χ4v) is 4.62. The van der Waals surface area contributed by atoms with Gasteiger partial charge in [0.05, 0.1) is 17.2 Å². The van der Waals surface area contributed by atoms with Crippen LogP contribution in [-0.2, 0) is 9.53 Å². The van der Waals surface area contributed by atoms with Crippen molar-refractivity contribution in [2.75, 3.05) is 24.5 Å². The second-order valence-electron chi connectivity index (χ2n) is 10.5. The van der Waals surface area contributed by atoms with Crippen molar-refractivity contribution in [1.29, 1.82) is 0 Å². The molecule has 1 fully saturated rings. The quantitative estimate of drug-likeness (QED) is 0.229. The second kappa shape index (κ2) is 12.1. The molecule has 2 aromatic carbocycles. The number of aromatic nitrogens is 2. The number of primary amides is 1. The number of nitrogens with zero attached hydrogens (tertiary/aromatic N) is 5. The third-order valence-corrected chi connectivity index (χ3v) is 6.42. The number of nitrogens with two attached hydrogens (primary N) is 1. The Bertz CT molecular complexity index is 1410. The van der Waals surface area contributed by atoms with Gasteiger partial charge in [-0.05, 0) is 70.0 Å². The number of carbonyl (C=O) groups excluding carboxylic acids is 3. The molecule has 4 rings (SSSR count). The van der Waals surface area contributed by atoms with Gasteiger partial charge in [-0.1, -0.05) is 18.2 Å². The molecule has 0 saturated carbocycles. The number of benzene rings is 2. The van der Waals surface area contributed by atoms with Crippen LogP contribution in [0.25, 0.3) is 5.69 Å². The van der Waals surface area contributed by atoms with Crippen molar-refractivity contribution in [2.24, 2.45) is 5.73 Å². The zero-order valence-corrected chi connectivity index (χ0v) is 23.1. The first-order chi connectivity index (χ1) is 19.5. The Morgan fingerprint density at radius 2 is 1.71 bits per heavy atom. The van der Waals surface area contributed by atoms with E-state index in [9.17, 15) is 24.5 Å². The Kier molecular flexibility index (Phi) is 8.55. The highest BCUT2D eigenvalue weighted by Gasteiger charge is 2.38. The molecule has 2 heterocycles. The van der Waals surface area contributed by atoms with Gasteiger partial charge in [0, 0.05) is 19.1 Å². The summed E-state index contributed by atoms with van der Waals surface area (Å²) in [5, 5.41) is 16.7. The maximum absolute atomic E-state index is 12.5. The zero-order chi connectivity index (χ0) is 29.7. The molecule has 41 heavy (non-hydrogen) atoms. The second-order valence-corrected chi connectivity index (χ2v) is 10.5. The van der Waals surface area contributed by atoms with E-state index in [0.717, 1.165) is 4.68 Å². The highest BCUT2D eigenvalue weighted by molar-refractivity contribution is 5.98. The van der Waals surface area contributed by atoms with E-state index in [1.807, 2.05) is 18.2 Å². The summed E-state index contributed by atoms with van der Waals surface area (Å²) in [4.78, 5) is 51.3. The van der Waals surface area contributed by atoms with Crippen LogP contribution in [0.2, 0.25) is 0 Å². The summed E-state index contributed by atoms with van der Waals surface area (Å²) in [5.41, 5.74) is 4.27. The summed E-state index contributed by atoms with van der Waals surface area (Å²) >= 11 is 0. The third-order valence-electron chi connectivity index (χ3n) is 6.42. The number of hydrogen-bond acceptors (Lipinski definition) is 9. The molecule has 13 nitrogen and oxygen atoms in total. The number of nitro groups is 1. The minimum atomic E-state index is -1.05. The molecule has 1 saturated heterocycles. The van der Waals surface area contributed by atoms with Gasteiger partial charge in [-0.25, -0.2) is 9.48 Å². The van der Waals surface area contributed by atoms with E-state index in [4.69, 9.17) is 15.2 Å². The van der Waals surface area contributed by atoms with Crippen LogP contribution in [0.4, 0.5) is 16.3 Å². The summed E-state index contributed by atoms with van der Waals surface area (Å²) in [7, 11) is 0. The smallest absolute Gasteiger partial charge is 0.410 e. The van der Waals surface area contributed by atoms with Gasteiger partial charge >= 0.3 is 11.8 Å². The number of amides is 2. The van der Waals surface area contributed by atoms with Crippen LogP contribution in [0.15, 0.2) is 54.6 Å². The number of aldehydes is 1. The van der Waals surface area contributed by atoms with Crippen LogP contribution in [-0.4, -0.2) is 69.2 Å². The molecular formula is C28H32N6O7. The normalized spacial score (nSPS) is 13.9. The van der Waals surface area contributed by atoms with E-state index in [-0.39, 0.29) is 18.4 Å². The first-order valence-electron chi connectivity index (χ1n) is 13.1. The molecule has 0 bridgehead atoms. The van der Waals surface area contributed by atoms with E-state index in [1.165, 1.54) is 4.90 Å². The molecule has 0 aliphatic carbocycles. The summed E-state index contributed by atoms with van der Waals surface area (Å²) in [6.45, 7) is 5.75. The molecule has 13 heteroatoms. The minimum absolute atomic E-state index is 0.156. The number of likely N-dealkylation sites (tertiary alicyclic amines) is 1. The van der Waals surface area contributed by atoms with Gasteiger partial charge in [0.25, 0.3) is 5.91 Å². The SMILES string of the molecule is CC(C)(C)OC(=O)N1CCC(N(CC=O)c2nn(-c3ccc(Oc4ccccc4)cc3)c(C(N)=O)c2[N+](=O)[O-])CC1. The Balaban J connectivity index is 1.65. The van der Waals surface area contributed by atoms with Crippen LogP contribution in [0.1, 0.15) is 44.1 Å². The Morgan fingerprint density at radius 1 is 1.10 bits per heavy atom. The number of hydrogen-bond donors (Lipinski definition) is 1. The number of piperidine rings is 1. The Labute approximate surface area is 236 Å². The largest absolute Gasteiger partial charge is 0.457 e. The van der Waals surface area contributed by atoms with E-state index < -0.39 is 33.9 Å².